The maximum atomic E-state index is 13.1. The van der Waals surface area contributed by atoms with E-state index in [0.717, 1.165) is 12.1 Å². The molecule has 3 amide bonds. The molecule has 1 fully saturated rings. The molecule has 2 aliphatic heterocycles. The standard InChI is InChI=1S/C21H17ClFN3O5/c1-25-19(29)13-4-2-3-5-16(13)26-18(28)8-9-21(25,26)20(30)31-11-17(27)24-15-7-6-12(23)10-14(15)22/h2-7,10H,8-9,11H2,1H3,(H,24,27). The zero-order chi connectivity index (χ0) is 22.3. The first-order valence-electron chi connectivity index (χ1n) is 9.38. The van der Waals surface area contributed by atoms with Crippen molar-refractivity contribution in [3.63, 3.8) is 0 Å². The average Bonchev–Trinajstić information content (AvgIpc) is 3.11. The lowest BCUT2D eigenvalue weighted by atomic mass is 9.97. The van der Waals surface area contributed by atoms with Crippen LogP contribution < -0.4 is 10.2 Å². The van der Waals surface area contributed by atoms with Gasteiger partial charge >= 0.3 is 5.97 Å². The molecule has 2 aromatic carbocycles. The third-order valence-electron chi connectivity index (χ3n) is 5.41. The molecule has 0 aromatic heterocycles. The van der Waals surface area contributed by atoms with Crippen LogP contribution in [-0.4, -0.2) is 47.9 Å². The van der Waals surface area contributed by atoms with Crippen molar-refractivity contribution in [2.24, 2.45) is 0 Å². The van der Waals surface area contributed by atoms with E-state index < -0.39 is 35.9 Å². The molecule has 1 atom stereocenters. The van der Waals surface area contributed by atoms with Crippen LogP contribution in [0.4, 0.5) is 15.8 Å². The number of amides is 3. The van der Waals surface area contributed by atoms with Crippen LogP contribution in [0.3, 0.4) is 0 Å². The van der Waals surface area contributed by atoms with E-state index in [1.807, 2.05) is 0 Å². The molecular formula is C21H17ClFN3O5. The van der Waals surface area contributed by atoms with Crippen LogP contribution in [0.15, 0.2) is 42.5 Å². The normalized spacial score (nSPS) is 19.7. The molecule has 2 heterocycles. The van der Waals surface area contributed by atoms with E-state index in [9.17, 15) is 23.6 Å². The lowest BCUT2D eigenvalue weighted by molar-refractivity contribution is -0.158. The molecule has 8 nitrogen and oxygen atoms in total. The highest BCUT2D eigenvalue weighted by molar-refractivity contribution is 6.33. The summed E-state index contributed by atoms with van der Waals surface area (Å²) in [7, 11) is 1.42. The Morgan fingerprint density at radius 1 is 1.23 bits per heavy atom. The van der Waals surface area contributed by atoms with Gasteiger partial charge in [0.1, 0.15) is 5.82 Å². The Hall–Kier alpha value is -3.46. The quantitative estimate of drug-likeness (QED) is 0.730. The van der Waals surface area contributed by atoms with Gasteiger partial charge in [0.15, 0.2) is 6.61 Å². The Kier molecular flexibility index (Phi) is 5.14. The monoisotopic (exact) mass is 445 g/mol. The summed E-state index contributed by atoms with van der Waals surface area (Å²) in [6.45, 7) is -0.681. The minimum Gasteiger partial charge on any atom is -0.452 e. The van der Waals surface area contributed by atoms with Gasteiger partial charge in [-0.05, 0) is 30.3 Å². The van der Waals surface area contributed by atoms with Crippen molar-refractivity contribution in [2.45, 2.75) is 18.5 Å². The molecule has 0 bridgehead atoms. The topological polar surface area (TPSA) is 96.0 Å². The van der Waals surface area contributed by atoms with Gasteiger partial charge in [-0.15, -0.1) is 0 Å². The third kappa shape index (κ3) is 3.31. The van der Waals surface area contributed by atoms with Gasteiger partial charge in [-0.2, -0.15) is 0 Å². The molecule has 2 aromatic rings. The van der Waals surface area contributed by atoms with Crippen molar-refractivity contribution in [3.05, 3.63) is 58.9 Å². The van der Waals surface area contributed by atoms with Crippen LogP contribution in [0.2, 0.25) is 5.02 Å². The van der Waals surface area contributed by atoms with Crippen molar-refractivity contribution < 1.29 is 28.3 Å². The molecule has 1 saturated heterocycles. The Morgan fingerprint density at radius 2 is 1.97 bits per heavy atom. The minimum absolute atomic E-state index is 0.0138. The zero-order valence-electron chi connectivity index (χ0n) is 16.4. The van der Waals surface area contributed by atoms with Crippen molar-refractivity contribution in [3.8, 4) is 0 Å². The van der Waals surface area contributed by atoms with Crippen molar-refractivity contribution in [2.75, 3.05) is 23.9 Å². The lowest BCUT2D eigenvalue weighted by Crippen LogP contribution is -2.67. The molecule has 1 N–H and O–H groups in total. The van der Waals surface area contributed by atoms with E-state index in [1.165, 1.54) is 22.9 Å². The lowest BCUT2D eigenvalue weighted by Gasteiger charge is -2.46. The predicted octanol–water partition coefficient (Wildman–Crippen LogP) is 2.57. The number of hydrogen-bond donors (Lipinski definition) is 1. The van der Waals surface area contributed by atoms with E-state index in [4.69, 9.17) is 16.3 Å². The minimum atomic E-state index is -1.67. The number of para-hydroxylation sites is 1. The summed E-state index contributed by atoms with van der Waals surface area (Å²) in [5, 5.41) is 2.41. The molecule has 4 rings (SSSR count). The second kappa shape index (κ2) is 7.66. The molecule has 1 unspecified atom stereocenters. The number of ether oxygens (including phenoxy) is 1. The number of halogens is 2. The maximum absolute atomic E-state index is 13.1. The van der Waals surface area contributed by atoms with Crippen molar-refractivity contribution in [1.29, 1.82) is 0 Å². The molecule has 0 saturated carbocycles. The third-order valence-corrected chi connectivity index (χ3v) is 5.72. The van der Waals surface area contributed by atoms with Gasteiger partial charge < -0.3 is 15.0 Å². The summed E-state index contributed by atoms with van der Waals surface area (Å²) in [5.41, 5.74) is -0.894. The van der Waals surface area contributed by atoms with Gasteiger partial charge in [-0.3, -0.25) is 19.3 Å². The molecule has 0 radical (unpaired) electrons. The van der Waals surface area contributed by atoms with E-state index >= 15 is 0 Å². The van der Waals surface area contributed by atoms with Crippen LogP contribution in [0.1, 0.15) is 23.2 Å². The highest BCUT2D eigenvalue weighted by atomic mass is 35.5. The Labute approximate surface area is 181 Å². The van der Waals surface area contributed by atoms with E-state index in [-0.39, 0.29) is 29.5 Å². The average molecular weight is 446 g/mol. The first kappa shape index (κ1) is 20.8. The van der Waals surface area contributed by atoms with Gasteiger partial charge in [0.25, 0.3) is 11.8 Å². The number of esters is 1. The van der Waals surface area contributed by atoms with Crippen LogP contribution in [0.5, 0.6) is 0 Å². The van der Waals surface area contributed by atoms with Crippen LogP contribution in [0, 0.1) is 5.82 Å². The number of likely N-dealkylation sites (N-methyl/N-ethyl adjacent to an activating group) is 1. The fourth-order valence-electron chi connectivity index (χ4n) is 3.91. The second-order valence-corrected chi connectivity index (χ2v) is 7.58. The molecule has 2 aliphatic rings. The fraction of sp³-hybridized carbons (Fsp3) is 0.238. The number of rotatable bonds is 4. The summed E-state index contributed by atoms with van der Waals surface area (Å²) in [6, 6.07) is 9.93. The summed E-state index contributed by atoms with van der Waals surface area (Å²) in [5.74, 6) is -2.93. The molecule has 160 valence electrons. The number of benzene rings is 2. The highest BCUT2D eigenvalue weighted by Gasteiger charge is 2.60. The molecule has 0 aliphatic carbocycles. The number of nitrogens with zero attached hydrogens (tertiary/aromatic N) is 2. The summed E-state index contributed by atoms with van der Waals surface area (Å²) < 4.78 is 18.4. The Morgan fingerprint density at radius 3 is 2.71 bits per heavy atom. The number of carbonyl (C=O) groups excluding carboxylic acids is 4. The second-order valence-electron chi connectivity index (χ2n) is 7.18. The van der Waals surface area contributed by atoms with E-state index in [0.29, 0.717) is 11.3 Å². The van der Waals surface area contributed by atoms with E-state index in [1.54, 1.807) is 24.3 Å². The number of hydrogen-bond acceptors (Lipinski definition) is 5. The summed E-state index contributed by atoms with van der Waals surface area (Å²) >= 11 is 5.88. The predicted molar refractivity (Wildman–Crippen MR) is 109 cm³/mol. The maximum Gasteiger partial charge on any atom is 0.354 e. The summed E-state index contributed by atoms with van der Waals surface area (Å²) in [6.07, 6.45) is 0.0745. The van der Waals surface area contributed by atoms with Crippen molar-refractivity contribution >= 4 is 46.7 Å². The van der Waals surface area contributed by atoms with Gasteiger partial charge in [0.05, 0.1) is 22.0 Å². The molecule has 0 spiro atoms. The van der Waals surface area contributed by atoms with E-state index in [2.05, 4.69) is 5.32 Å². The van der Waals surface area contributed by atoms with Crippen molar-refractivity contribution in [1.82, 2.24) is 4.90 Å². The number of anilines is 2. The fourth-order valence-corrected chi connectivity index (χ4v) is 4.13. The number of nitrogens with one attached hydrogen (secondary N) is 1. The van der Waals surface area contributed by atoms with Crippen LogP contribution in [-0.2, 0) is 19.1 Å². The largest absolute Gasteiger partial charge is 0.452 e. The van der Waals surface area contributed by atoms with Crippen LogP contribution >= 0.6 is 11.6 Å². The highest BCUT2D eigenvalue weighted by Crippen LogP contribution is 2.44. The van der Waals surface area contributed by atoms with Gasteiger partial charge in [-0.1, -0.05) is 23.7 Å². The summed E-state index contributed by atoms with van der Waals surface area (Å²) in [4.78, 5) is 53.3. The molecule has 10 heteroatoms. The Bertz CT molecular complexity index is 1120. The zero-order valence-corrected chi connectivity index (χ0v) is 17.1. The number of fused-ring (bicyclic) bond motifs is 3. The first-order chi connectivity index (χ1) is 14.8. The van der Waals surface area contributed by atoms with Crippen LogP contribution in [0.25, 0.3) is 0 Å². The van der Waals surface area contributed by atoms with Gasteiger partial charge in [-0.25, -0.2) is 9.18 Å². The first-order valence-corrected chi connectivity index (χ1v) is 9.76. The molecule has 31 heavy (non-hydrogen) atoms. The van der Waals surface area contributed by atoms with Gasteiger partial charge in [0.2, 0.25) is 11.6 Å². The van der Waals surface area contributed by atoms with Gasteiger partial charge in [0, 0.05) is 19.9 Å². The Balaban J connectivity index is 1.55. The molecular weight excluding hydrogens is 429 g/mol. The smallest absolute Gasteiger partial charge is 0.354 e. The SMILES string of the molecule is CN1C(=O)c2ccccc2N2C(=O)CCC12C(=O)OCC(=O)Nc1ccc(F)cc1Cl. The number of carbonyl (C=O) groups is 4.